The number of aromatic nitrogens is 6. The van der Waals surface area contributed by atoms with Crippen molar-refractivity contribution in [1.82, 2.24) is 30.1 Å². The highest BCUT2D eigenvalue weighted by Gasteiger charge is 2.34. The molecule has 3 rings (SSSR count). The van der Waals surface area contributed by atoms with Crippen molar-refractivity contribution in [1.29, 1.82) is 0 Å². The number of H-pyrrole nitrogens is 2. The van der Waals surface area contributed by atoms with Crippen LogP contribution >= 0.6 is 11.8 Å². The van der Waals surface area contributed by atoms with Gasteiger partial charge >= 0.3 is 6.18 Å². The maximum Gasteiger partial charge on any atom is 0.421 e. The summed E-state index contributed by atoms with van der Waals surface area (Å²) in [5.74, 6) is -3.10. The van der Waals surface area contributed by atoms with E-state index < -0.39 is 23.5 Å². The zero-order valence-electron chi connectivity index (χ0n) is 16.8. The number of rotatable bonds is 6. The minimum absolute atomic E-state index is 0.0723. The normalized spacial score (nSPS) is 11.8. The molecule has 0 aliphatic carbocycles. The largest absolute Gasteiger partial charge is 0.421 e. The van der Waals surface area contributed by atoms with Crippen LogP contribution in [0.3, 0.4) is 0 Å². The second-order valence-electron chi connectivity index (χ2n) is 6.57. The summed E-state index contributed by atoms with van der Waals surface area (Å²) in [7, 11) is 0. The van der Waals surface area contributed by atoms with Gasteiger partial charge in [-0.3, -0.25) is 5.10 Å². The molecule has 7 nitrogen and oxygen atoms in total. The number of nitrogens with one attached hydrogen (secondary N) is 3. The Labute approximate surface area is 183 Å². The van der Waals surface area contributed by atoms with E-state index in [0.29, 0.717) is 23.3 Å². The molecule has 0 bridgehead atoms. The first kappa shape index (κ1) is 23.4. The molecule has 3 N–H and O–H groups in total. The molecular formula is C19H18F5N7S. The summed E-state index contributed by atoms with van der Waals surface area (Å²) in [6.45, 7) is 0.695. The maximum absolute atomic E-state index is 13.5. The van der Waals surface area contributed by atoms with Gasteiger partial charge < -0.3 is 10.3 Å². The molecule has 0 aliphatic heterocycles. The number of hydrogen-bond acceptors (Lipinski definition) is 6. The zero-order valence-corrected chi connectivity index (χ0v) is 17.7. The molecule has 0 unspecified atom stereocenters. The average molecular weight is 471 g/mol. The van der Waals surface area contributed by atoms with E-state index in [1.807, 2.05) is 0 Å². The van der Waals surface area contributed by atoms with E-state index in [4.69, 9.17) is 0 Å². The Morgan fingerprint density at radius 2 is 1.78 bits per heavy atom. The van der Waals surface area contributed by atoms with E-state index in [1.165, 1.54) is 30.5 Å². The van der Waals surface area contributed by atoms with Gasteiger partial charge in [0, 0.05) is 18.7 Å². The van der Waals surface area contributed by atoms with Crippen LogP contribution in [-0.2, 0) is 18.6 Å². The van der Waals surface area contributed by atoms with Crippen molar-refractivity contribution in [3.05, 3.63) is 59.9 Å². The van der Waals surface area contributed by atoms with Crippen molar-refractivity contribution < 1.29 is 22.0 Å². The molecule has 170 valence electrons. The summed E-state index contributed by atoms with van der Waals surface area (Å²) in [6, 6.07) is 5.63. The van der Waals surface area contributed by atoms with Crippen LogP contribution in [0.1, 0.15) is 23.9 Å². The standard InChI is InChI=1S/C19H18F5N7S/c1-18(20,21)12-5-3-11(4-6-12)14-8-25-15(30-14)9-26-16-13(19(22,23)24)7-28-29-10-27-17(31-16)32-2/h3-8,10,28H,9H2,1-2H3,(H,25,30)(H,26,27,29,31). The Balaban J connectivity index is 1.86. The molecule has 0 saturated carbocycles. The maximum atomic E-state index is 13.5. The number of imidazole rings is 1. The lowest BCUT2D eigenvalue weighted by Gasteiger charge is -2.11. The highest BCUT2D eigenvalue weighted by atomic mass is 32.2. The number of benzene rings is 1. The summed E-state index contributed by atoms with van der Waals surface area (Å²) >= 11 is 1.05. The van der Waals surface area contributed by atoms with Crippen LogP contribution < -0.4 is 5.32 Å². The third-order valence-corrected chi connectivity index (χ3v) is 4.78. The summed E-state index contributed by atoms with van der Waals surface area (Å²) in [4.78, 5) is 14.9. The Bertz CT molecular complexity index is 1100. The van der Waals surface area contributed by atoms with Crippen LogP contribution in [0.15, 0.2) is 48.1 Å². The number of halogens is 5. The van der Waals surface area contributed by atoms with E-state index in [-0.39, 0.29) is 17.3 Å². The van der Waals surface area contributed by atoms with Crippen molar-refractivity contribution in [2.24, 2.45) is 0 Å². The van der Waals surface area contributed by atoms with E-state index in [9.17, 15) is 22.0 Å². The molecule has 0 saturated heterocycles. The third-order valence-electron chi connectivity index (χ3n) is 4.21. The SMILES string of the molecule is CSc1ncn[nH]cc(C(F)(F)F)c(NCc2ncc(-c3ccc(C(C)(F)F)cc3)[nH]2)n1. The van der Waals surface area contributed by atoms with Gasteiger partial charge in [-0.2, -0.15) is 18.3 Å². The fourth-order valence-electron chi connectivity index (χ4n) is 2.62. The molecule has 32 heavy (non-hydrogen) atoms. The van der Waals surface area contributed by atoms with Crippen LogP contribution in [0.5, 0.6) is 0 Å². The first-order valence-electron chi connectivity index (χ1n) is 9.09. The minimum atomic E-state index is -4.71. The number of aromatic amines is 2. The summed E-state index contributed by atoms with van der Waals surface area (Å²) in [6.07, 6.45) is 0.112. The topological polar surface area (TPSA) is 95.2 Å². The van der Waals surface area contributed by atoms with Gasteiger partial charge in [-0.15, -0.1) is 0 Å². The lowest BCUT2D eigenvalue weighted by molar-refractivity contribution is -0.137. The molecule has 2 heterocycles. The summed E-state index contributed by atoms with van der Waals surface area (Å²) < 4.78 is 67.3. The van der Waals surface area contributed by atoms with Crippen molar-refractivity contribution in [2.75, 3.05) is 11.6 Å². The number of nitrogens with zero attached hydrogens (tertiary/aromatic N) is 4. The fraction of sp³-hybridized carbons (Fsp3) is 0.263. The molecule has 13 heteroatoms. The Kier molecular flexibility index (Phi) is 6.96. The van der Waals surface area contributed by atoms with Gasteiger partial charge in [-0.25, -0.2) is 23.7 Å². The zero-order chi connectivity index (χ0) is 23.4. The summed E-state index contributed by atoms with van der Waals surface area (Å²) in [5, 5.41) is 8.42. The van der Waals surface area contributed by atoms with Gasteiger partial charge in [0.15, 0.2) is 5.16 Å². The third kappa shape index (κ3) is 5.93. The Hall–Kier alpha value is -3.22. The smallest absolute Gasteiger partial charge is 0.362 e. The second-order valence-corrected chi connectivity index (χ2v) is 7.34. The van der Waals surface area contributed by atoms with E-state index in [1.54, 1.807) is 6.26 Å². The van der Waals surface area contributed by atoms with Crippen LogP contribution in [0.25, 0.3) is 11.3 Å². The molecule has 0 radical (unpaired) electrons. The number of hydrogen-bond donors (Lipinski definition) is 3. The average Bonchev–Trinajstić information content (AvgIpc) is 3.23. The van der Waals surface area contributed by atoms with Gasteiger partial charge in [0.2, 0.25) is 0 Å². The molecule has 0 spiro atoms. The molecule has 2 aromatic heterocycles. The van der Waals surface area contributed by atoms with Crippen LogP contribution in [-0.4, -0.2) is 36.4 Å². The molecule has 1 aromatic carbocycles. The first-order chi connectivity index (χ1) is 15.1. The van der Waals surface area contributed by atoms with Gasteiger partial charge in [0.1, 0.15) is 23.5 Å². The summed E-state index contributed by atoms with van der Waals surface area (Å²) in [5.41, 5.74) is -0.0694. The number of alkyl halides is 5. The highest BCUT2D eigenvalue weighted by molar-refractivity contribution is 7.98. The van der Waals surface area contributed by atoms with Gasteiger partial charge in [0.05, 0.1) is 18.4 Å². The van der Waals surface area contributed by atoms with Crippen molar-refractivity contribution >= 4 is 17.6 Å². The Morgan fingerprint density at radius 3 is 2.41 bits per heavy atom. The molecule has 0 aliphatic rings. The predicted molar refractivity (Wildman–Crippen MR) is 110 cm³/mol. The number of anilines is 1. The van der Waals surface area contributed by atoms with Crippen LogP contribution in [0.4, 0.5) is 27.8 Å². The monoisotopic (exact) mass is 471 g/mol. The molecule has 0 fully saturated rings. The quantitative estimate of drug-likeness (QED) is 0.339. The van der Waals surface area contributed by atoms with Crippen molar-refractivity contribution in [3.8, 4) is 11.3 Å². The van der Waals surface area contributed by atoms with E-state index in [2.05, 4.69) is 35.5 Å². The van der Waals surface area contributed by atoms with E-state index >= 15 is 0 Å². The first-order valence-corrected chi connectivity index (χ1v) is 10.3. The van der Waals surface area contributed by atoms with Crippen LogP contribution in [0, 0.1) is 0 Å². The van der Waals surface area contributed by atoms with Crippen molar-refractivity contribution in [2.45, 2.75) is 30.7 Å². The van der Waals surface area contributed by atoms with Crippen molar-refractivity contribution in [3.63, 3.8) is 0 Å². The Morgan fingerprint density at radius 1 is 1.06 bits per heavy atom. The van der Waals surface area contributed by atoms with Gasteiger partial charge in [-0.1, -0.05) is 36.0 Å². The molecule has 0 amide bonds. The highest BCUT2D eigenvalue weighted by Crippen LogP contribution is 2.33. The van der Waals surface area contributed by atoms with Crippen LogP contribution in [0.2, 0.25) is 0 Å². The lowest BCUT2D eigenvalue weighted by Crippen LogP contribution is -2.12. The van der Waals surface area contributed by atoms with E-state index in [0.717, 1.165) is 25.0 Å². The van der Waals surface area contributed by atoms with Gasteiger partial charge in [0.25, 0.3) is 5.92 Å². The predicted octanol–water partition coefficient (Wildman–Crippen LogP) is 5.18. The fourth-order valence-corrected chi connectivity index (χ4v) is 2.96. The number of thioether (sulfide) groups is 1. The van der Waals surface area contributed by atoms with Gasteiger partial charge in [-0.05, 0) is 11.8 Å². The minimum Gasteiger partial charge on any atom is -0.362 e. The second kappa shape index (κ2) is 9.51. The molecule has 0 atom stereocenters. The lowest BCUT2D eigenvalue weighted by atomic mass is 10.1. The molecule has 3 aromatic rings. The molecular weight excluding hydrogens is 453 g/mol.